The molecule has 0 aliphatic rings. The molecule has 0 unspecified atom stereocenters. The van der Waals surface area contributed by atoms with E-state index in [2.05, 4.69) is 10.4 Å². The first-order chi connectivity index (χ1) is 6.05. The van der Waals surface area contributed by atoms with E-state index in [-0.39, 0.29) is 12.1 Å². The minimum absolute atomic E-state index is 0.0394. The lowest BCUT2D eigenvalue weighted by Crippen LogP contribution is -2.23. The van der Waals surface area contributed by atoms with Gasteiger partial charge in [-0.3, -0.25) is 16.3 Å². The van der Waals surface area contributed by atoms with Crippen LogP contribution in [0, 0.1) is 0 Å². The molecule has 1 heterocycles. The van der Waals surface area contributed by atoms with Crippen LogP contribution in [0.5, 0.6) is 0 Å². The largest absolute Gasteiger partial charge is 0.433 e. The van der Waals surface area contributed by atoms with Crippen LogP contribution in [0.25, 0.3) is 0 Å². The maximum Gasteiger partial charge on any atom is 0.433 e. The van der Waals surface area contributed by atoms with Crippen molar-refractivity contribution >= 4 is 0 Å². The van der Waals surface area contributed by atoms with Gasteiger partial charge in [0.05, 0.1) is 0 Å². The van der Waals surface area contributed by atoms with E-state index in [1.807, 2.05) is 0 Å². The van der Waals surface area contributed by atoms with Crippen molar-refractivity contribution in [1.29, 1.82) is 0 Å². The quantitative estimate of drug-likeness (QED) is 0.543. The Balaban J connectivity index is 3.05. The first-order valence-electron chi connectivity index (χ1n) is 3.50. The molecule has 6 heteroatoms. The van der Waals surface area contributed by atoms with Crippen molar-refractivity contribution < 1.29 is 13.2 Å². The second kappa shape index (κ2) is 3.71. The number of nitrogens with two attached hydrogens (primary N) is 1. The summed E-state index contributed by atoms with van der Waals surface area (Å²) in [7, 11) is 0. The summed E-state index contributed by atoms with van der Waals surface area (Å²) < 4.78 is 36.7. The van der Waals surface area contributed by atoms with Crippen LogP contribution >= 0.6 is 0 Å². The third-order valence-corrected chi connectivity index (χ3v) is 1.45. The zero-order valence-electron chi connectivity index (χ0n) is 6.60. The van der Waals surface area contributed by atoms with Gasteiger partial charge in [0.15, 0.2) is 0 Å². The van der Waals surface area contributed by atoms with Crippen LogP contribution in [0.2, 0.25) is 0 Å². The van der Waals surface area contributed by atoms with Crippen molar-refractivity contribution in [2.75, 3.05) is 0 Å². The highest BCUT2D eigenvalue weighted by molar-refractivity contribution is 5.21. The number of hydrazine groups is 1. The fourth-order valence-corrected chi connectivity index (χ4v) is 0.946. The SMILES string of the molecule is NNCc1cccnc1C(F)(F)F. The van der Waals surface area contributed by atoms with Gasteiger partial charge in [-0.25, -0.2) is 0 Å². The molecule has 72 valence electrons. The Morgan fingerprint density at radius 2 is 2.15 bits per heavy atom. The van der Waals surface area contributed by atoms with Crippen LogP contribution < -0.4 is 11.3 Å². The Morgan fingerprint density at radius 3 is 2.69 bits per heavy atom. The van der Waals surface area contributed by atoms with Gasteiger partial charge < -0.3 is 0 Å². The molecule has 1 aromatic heterocycles. The molecule has 0 atom stereocenters. The van der Waals surface area contributed by atoms with E-state index >= 15 is 0 Å². The molecule has 0 amide bonds. The van der Waals surface area contributed by atoms with Crippen LogP contribution in [0.3, 0.4) is 0 Å². The third-order valence-electron chi connectivity index (χ3n) is 1.45. The number of nitrogens with zero attached hydrogens (tertiary/aromatic N) is 1. The summed E-state index contributed by atoms with van der Waals surface area (Å²) in [5, 5.41) is 0. The summed E-state index contributed by atoms with van der Waals surface area (Å²) in [6, 6.07) is 2.76. The molecule has 0 aliphatic heterocycles. The number of pyridine rings is 1. The van der Waals surface area contributed by atoms with E-state index in [9.17, 15) is 13.2 Å². The number of rotatable bonds is 2. The number of hydrogen-bond donors (Lipinski definition) is 2. The molecule has 0 bridgehead atoms. The van der Waals surface area contributed by atoms with Gasteiger partial charge in [0, 0.05) is 12.7 Å². The molecule has 0 spiro atoms. The van der Waals surface area contributed by atoms with Gasteiger partial charge in [0.1, 0.15) is 5.69 Å². The highest BCUT2D eigenvalue weighted by atomic mass is 19.4. The van der Waals surface area contributed by atoms with E-state index in [0.29, 0.717) is 0 Å². The summed E-state index contributed by atoms with van der Waals surface area (Å²) in [6.45, 7) is -0.0529. The molecular weight excluding hydrogens is 183 g/mol. The number of aromatic nitrogens is 1. The zero-order valence-corrected chi connectivity index (χ0v) is 6.60. The Morgan fingerprint density at radius 1 is 1.46 bits per heavy atom. The lowest BCUT2D eigenvalue weighted by atomic mass is 10.2. The van der Waals surface area contributed by atoms with Crippen molar-refractivity contribution in [3.8, 4) is 0 Å². The molecule has 0 fully saturated rings. The fourth-order valence-electron chi connectivity index (χ4n) is 0.946. The molecule has 3 N–H and O–H groups in total. The maximum atomic E-state index is 12.2. The van der Waals surface area contributed by atoms with Crippen LogP contribution in [0.15, 0.2) is 18.3 Å². The molecule has 13 heavy (non-hydrogen) atoms. The van der Waals surface area contributed by atoms with E-state index in [1.165, 1.54) is 12.1 Å². The Hall–Kier alpha value is -1.14. The Bertz CT molecular complexity index is 285. The van der Waals surface area contributed by atoms with E-state index in [1.54, 1.807) is 0 Å². The average Bonchev–Trinajstić information content (AvgIpc) is 2.04. The first kappa shape index (κ1) is 9.94. The fraction of sp³-hybridized carbons (Fsp3) is 0.286. The minimum Gasteiger partial charge on any atom is -0.271 e. The van der Waals surface area contributed by atoms with E-state index < -0.39 is 11.9 Å². The molecule has 0 aliphatic carbocycles. The molecular formula is C7H8F3N3. The second-order valence-electron chi connectivity index (χ2n) is 2.39. The lowest BCUT2D eigenvalue weighted by molar-refractivity contribution is -0.141. The van der Waals surface area contributed by atoms with Gasteiger partial charge in [0.2, 0.25) is 0 Å². The predicted octanol–water partition coefficient (Wildman–Crippen LogP) is 1.06. The summed E-state index contributed by atoms with van der Waals surface area (Å²) >= 11 is 0. The van der Waals surface area contributed by atoms with Crippen molar-refractivity contribution in [1.82, 2.24) is 10.4 Å². The van der Waals surface area contributed by atoms with Crippen molar-refractivity contribution in [3.63, 3.8) is 0 Å². The summed E-state index contributed by atoms with van der Waals surface area (Å²) in [4.78, 5) is 3.25. The van der Waals surface area contributed by atoms with Crippen LogP contribution in [-0.4, -0.2) is 4.98 Å². The van der Waals surface area contributed by atoms with Crippen LogP contribution in [-0.2, 0) is 12.7 Å². The maximum absolute atomic E-state index is 12.2. The summed E-state index contributed by atoms with van der Waals surface area (Å²) in [6.07, 6.45) is -3.32. The van der Waals surface area contributed by atoms with Gasteiger partial charge in [-0.1, -0.05) is 6.07 Å². The van der Waals surface area contributed by atoms with Gasteiger partial charge in [-0.05, 0) is 11.6 Å². The Labute approximate surface area is 72.7 Å². The highest BCUT2D eigenvalue weighted by Crippen LogP contribution is 2.29. The molecule has 3 nitrogen and oxygen atoms in total. The molecule has 0 saturated carbocycles. The number of alkyl halides is 3. The third kappa shape index (κ3) is 2.40. The van der Waals surface area contributed by atoms with Crippen LogP contribution in [0.4, 0.5) is 13.2 Å². The van der Waals surface area contributed by atoms with Gasteiger partial charge >= 0.3 is 6.18 Å². The lowest BCUT2D eigenvalue weighted by Gasteiger charge is -2.10. The standard InChI is InChI=1S/C7H8F3N3/c8-7(9,10)6-5(4-13-11)2-1-3-12-6/h1-3,13H,4,11H2. The number of nitrogens with one attached hydrogen (secondary N) is 1. The van der Waals surface area contributed by atoms with Crippen molar-refractivity contribution in [2.24, 2.45) is 5.84 Å². The highest BCUT2D eigenvalue weighted by Gasteiger charge is 2.34. The number of hydrogen-bond acceptors (Lipinski definition) is 3. The number of halogens is 3. The second-order valence-corrected chi connectivity index (χ2v) is 2.39. The average molecular weight is 191 g/mol. The smallest absolute Gasteiger partial charge is 0.271 e. The van der Waals surface area contributed by atoms with Gasteiger partial charge in [-0.2, -0.15) is 13.2 Å². The molecule has 1 rings (SSSR count). The first-order valence-corrected chi connectivity index (χ1v) is 3.50. The topological polar surface area (TPSA) is 50.9 Å². The minimum atomic E-state index is -4.42. The van der Waals surface area contributed by atoms with E-state index in [4.69, 9.17) is 5.84 Å². The molecule has 0 aromatic carbocycles. The Kier molecular flexibility index (Phi) is 2.84. The van der Waals surface area contributed by atoms with E-state index in [0.717, 1.165) is 6.20 Å². The predicted molar refractivity (Wildman–Crippen MR) is 40.3 cm³/mol. The monoisotopic (exact) mass is 191 g/mol. The van der Waals surface area contributed by atoms with Crippen molar-refractivity contribution in [2.45, 2.75) is 12.7 Å². The summed E-state index contributed by atoms with van der Waals surface area (Å²) in [5.74, 6) is 4.93. The van der Waals surface area contributed by atoms with Crippen molar-refractivity contribution in [3.05, 3.63) is 29.6 Å². The molecule has 1 aromatic rings. The molecule has 0 radical (unpaired) electrons. The van der Waals surface area contributed by atoms with Gasteiger partial charge in [-0.15, -0.1) is 0 Å². The van der Waals surface area contributed by atoms with Gasteiger partial charge in [0.25, 0.3) is 0 Å². The zero-order chi connectivity index (χ0) is 9.90. The van der Waals surface area contributed by atoms with Crippen LogP contribution in [0.1, 0.15) is 11.3 Å². The molecule has 0 saturated heterocycles. The normalized spacial score (nSPS) is 11.7. The summed E-state index contributed by atoms with van der Waals surface area (Å²) in [5.41, 5.74) is 1.30.